The highest BCUT2D eigenvalue weighted by Crippen LogP contribution is 2.16. The van der Waals surface area contributed by atoms with E-state index in [-0.39, 0.29) is 17.0 Å². The summed E-state index contributed by atoms with van der Waals surface area (Å²) in [6, 6.07) is 16.5. The number of carbonyl (C=O) groups is 1. The Balaban J connectivity index is 2.00. The highest BCUT2D eigenvalue weighted by atomic mass is 16.3. The molecule has 0 aliphatic heterocycles. The van der Waals surface area contributed by atoms with E-state index in [1.807, 2.05) is 49.4 Å². The summed E-state index contributed by atoms with van der Waals surface area (Å²) < 4.78 is 5.39. The van der Waals surface area contributed by atoms with Crippen molar-refractivity contribution in [2.75, 3.05) is 5.32 Å². The van der Waals surface area contributed by atoms with Crippen LogP contribution in [0.2, 0.25) is 0 Å². The average molecular weight is 278 g/mol. The van der Waals surface area contributed by atoms with Crippen LogP contribution in [0.1, 0.15) is 15.9 Å². The molecule has 0 radical (unpaired) electrons. The summed E-state index contributed by atoms with van der Waals surface area (Å²) in [6.45, 7) is 1.92. The number of anilines is 1. The standard InChI is InChI=1S/C17H14N2O2/c1-11-6-2-4-8-14(11)19-17(20)13-10-12-7-3-5-9-15(12)21-16(13)18/h2-10,18H,1H3,(H,19,20). The Bertz CT molecular complexity index is 881. The van der Waals surface area contributed by atoms with Gasteiger partial charge in [-0.1, -0.05) is 36.4 Å². The molecule has 3 aromatic rings. The van der Waals surface area contributed by atoms with Crippen molar-refractivity contribution in [3.63, 3.8) is 0 Å². The van der Waals surface area contributed by atoms with Crippen LogP contribution in [0.25, 0.3) is 11.0 Å². The second kappa shape index (κ2) is 5.25. The van der Waals surface area contributed by atoms with Gasteiger partial charge in [0, 0.05) is 11.1 Å². The van der Waals surface area contributed by atoms with Gasteiger partial charge in [0.2, 0.25) is 5.55 Å². The van der Waals surface area contributed by atoms with Crippen molar-refractivity contribution in [3.8, 4) is 0 Å². The van der Waals surface area contributed by atoms with Gasteiger partial charge in [-0.3, -0.25) is 10.2 Å². The monoisotopic (exact) mass is 278 g/mol. The molecule has 104 valence electrons. The second-order valence-electron chi connectivity index (χ2n) is 4.80. The molecule has 0 atom stereocenters. The summed E-state index contributed by atoms with van der Waals surface area (Å²) in [4.78, 5) is 12.3. The fourth-order valence-corrected chi connectivity index (χ4v) is 2.15. The van der Waals surface area contributed by atoms with E-state index in [0.717, 1.165) is 16.6 Å². The molecule has 0 saturated carbocycles. The van der Waals surface area contributed by atoms with E-state index in [4.69, 9.17) is 9.83 Å². The lowest BCUT2D eigenvalue weighted by Crippen LogP contribution is -2.21. The third-order valence-corrected chi connectivity index (χ3v) is 3.31. The number of fused-ring (bicyclic) bond motifs is 1. The fraction of sp³-hybridized carbons (Fsp3) is 0.0588. The smallest absolute Gasteiger partial charge is 0.261 e. The van der Waals surface area contributed by atoms with Crippen molar-refractivity contribution in [3.05, 3.63) is 71.3 Å². The molecule has 2 aromatic carbocycles. The van der Waals surface area contributed by atoms with E-state index < -0.39 is 0 Å². The van der Waals surface area contributed by atoms with Crippen LogP contribution in [0.3, 0.4) is 0 Å². The first-order valence-electron chi connectivity index (χ1n) is 6.59. The van der Waals surface area contributed by atoms with E-state index in [0.29, 0.717) is 5.58 Å². The number of rotatable bonds is 2. The van der Waals surface area contributed by atoms with Gasteiger partial charge >= 0.3 is 0 Å². The number of hydrogen-bond acceptors (Lipinski definition) is 3. The number of amides is 1. The van der Waals surface area contributed by atoms with Gasteiger partial charge in [0.15, 0.2) is 0 Å². The number of aryl methyl sites for hydroxylation is 1. The lowest BCUT2D eigenvalue weighted by atomic mass is 10.1. The SMILES string of the molecule is Cc1ccccc1NC(=O)c1cc2ccccc2oc1=N. The maximum Gasteiger partial charge on any atom is 0.261 e. The molecule has 21 heavy (non-hydrogen) atoms. The topological polar surface area (TPSA) is 66.1 Å². The quantitative estimate of drug-likeness (QED) is 0.753. The molecular formula is C17H14N2O2. The number of hydrogen-bond donors (Lipinski definition) is 2. The third kappa shape index (κ3) is 2.56. The molecule has 0 aliphatic rings. The molecule has 0 fully saturated rings. The number of benzene rings is 2. The molecule has 4 nitrogen and oxygen atoms in total. The van der Waals surface area contributed by atoms with Gasteiger partial charge in [-0.15, -0.1) is 0 Å². The summed E-state index contributed by atoms with van der Waals surface area (Å²) >= 11 is 0. The van der Waals surface area contributed by atoms with Gasteiger partial charge in [-0.2, -0.15) is 0 Å². The van der Waals surface area contributed by atoms with E-state index >= 15 is 0 Å². The zero-order chi connectivity index (χ0) is 14.8. The highest BCUT2D eigenvalue weighted by molar-refractivity contribution is 6.05. The Labute approximate surface area is 121 Å². The van der Waals surface area contributed by atoms with Crippen LogP contribution in [-0.2, 0) is 0 Å². The summed E-state index contributed by atoms with van der Waals surface area (Å²) in [6.07, 6.45) is 0. The van der Waals surface area contributed by atoms with Crippen LogP contribution in [0.4, 0.5) is 5.69 Å². The maximum atomic E-state index is 12.3. The van der Waals surface area contributed by atoms with Crippen molar-refractivity contribution in [1.82, 2.24) is 0 Å². The van der Waals surface area contributed by atoms with Gasteiger partial charge in [0.25, 0.3) is 5.91 Å². The van der Waals surface area contributed by atoms with Crippen LogP contribution in [-0.4, -0.2) is 5.91 Å². The summed E-state index contributed by atoms with van der Waals surface area (Å²) in [5.41, 5.74) is 2.37. The molecule has 0 bridgehead atoms. The van der Waals surface area contributed by atoms with Crippen molar-refractivity contribution in [2.45, 2.75) is 6.92 Å². The first kappa shape index (κ1) is 13.1. The van der Waals surface area contributed by atoms with E-state index in [1.165, 1.54) is 0 Å². The first-order valence-corrected chi connectivity index (χ1v) is 6.59. The fourth-order valence-electron chi connectivity index (χ4n) is 2.15. The Morgan fingerprint density at radius 1 is 1.10 bits per heavy atom. The lowest BCUT2D eigenvalue weighted by Gasteiger charge is -2.08. The minimum Gasteiger partial charge on any atom is -0.438 e. The Morgan fingerprint density at radius 3 is 2.62 bits per heavy atom. The van der Waals surface area contributed by atoms with Crippen LogP contribution in [0, 0.1) is 12.3 Å². The van der Waals surface area contributed by atoms with E-state index in [2.05, 4.69) is 5.32 Å². The molecular weight excluding hydrogens is 264 g/mol. The third-order valence-electron chi connectivity index (χ3n) is 3.31. The molecule has 3 rings (SSSR count). The van der Waals surface area contributed by atoms with E-state index in [1.54, 1.807) is 12.1 Å². The molecule has 0 spiro atoms. The Morgan fingerprint density at radius 2 is 1.81 bits per heavy atom. The summed E-state index contributed by atoms with van der Waals surface area (Å²) in [7, 11) is 0. The van der Waals surface area contributed by atoms with Crippen molar-refractivity contribution in [1.29, 1.82) is 5.41 Å². The van der Waals surface area contributed by atoms with Gasteiger partial charge in [0.05, 0.1) is 0 Å². The zero-order valence-corrected chi connectivity index (χ0v) is 11.5. The lowest BCUT2D eigenvalue weighted by molar-refractivity contribution is 0.102. The van der Waals surface area contributed by atoms with E-state index in [9.17, 15) is 4.79 Å². The van der Waals surface area contributed by atoms with Crippen molar-refractivity contribution < 1.29 is 9.21 Å². The van der Waals surface area contributed by atoms with Crippen molar-refractivity contribution in [2.24, 2.45) is 0 Å². The number of carbonyl (C=O) groups excluding carboxylic acids is 1. The first-order chi connectivity index (χ1) is 10.1. The number of nitrogens with one attached hydrogen (secondary N) is 2. The highest BCUT2D eigenvalue weighted by Gasteiger charge is 2.12. The maximum absolute atomic E-state index is 12.3. The summed E-state index contributed by atoms with van der Waals surface area (Å²) in [5.74, 6) is -0.344. The molecule has 2 N–H and O–H groups in total. The normalized spacial score (nSPS) is 10.5. The number of para-hydroxylation sites is 2. The van der Waals surface area contributed by atoms with Crippen LogP contribution in [0.5, 0.6) is 0 Å². The Kier molecular flexibility index (Phi) is 3.28. The molecule has 1 heterocycles. The molecule has 1 aromatic heterocycles. The molecule has 4 heteroatoms. The molecule has 0 unspecified atom stereocenters. The second-order valence-corrected chi connectivity index (χ2v) is 4.80. The molecule has 0 saturated heterocycles. The Hall–Kier alpha value is -2.88. The van der Waals surface area contributed by atoms with Gasteiger partial charge in [-0.05, 0) is 30.7 Å². The largest absolute Gasteiger partial charge is 0.438 e. The van der Waals surface area contributed by atoms with Crippen LogP contribution in [0.15, 0.2) is 59.0 Å². The molecule has 1 amide bonds. The predicted octanol–water partition coefficient (Wildman–Crippen LogP) is 3.47. The van der Waals surface area contributed by atoms with Crippen LogP contribution < -0.4 is 10.9 Å². The zero-order valence-electron chi connectivity index (χ0n) is 11.5. The minimum absolute atomic E-state index is 0.139. The molecule has 0 aliphatic carbocycles. The minimum atomic E-state index is -0.344. The summed E-state index contributed by atoms with van der Waals surface area (Å²) in [5, 5.41) is 11.5. The van der Waals surface area contributed by atoms with Crippen LogP contribution >= 0.6 is 0 Å². The predicted molar refractivity (Wildman–Crippen MR) is 81.2 cm³/mol. The van der Waals surface area contributed by atoms with Gasteiger partial charge in [-0.25, -0.2) is 0 Å². The van der Waals surface area contributed by atoms with Gasteiger partial charge < -0.3 is 9.73 Å². The average Bonchev–Trinajstić information content (AvgIpc) is 2.49. The van der Waals surface area contributed by atoms with Gasteiger partial charge in [0.1, 0.15) is 11.1 Å². The van der Waals surface area contributed by atoms with Crippen molar-refractivity contribution >= 4 is 22.6 Å².